The maximum Gasteiger partial charge on any atom is 0.242 e. The molecule has 0 bridgehead atoms. The molecule has 0 saturated carbocycles. The van der Waals surface area contributed by atoms with Crippen molar-refractivity contribution in [3.63, 3.8) is 0 Å². The van der Waals surface area contributed by atoms with E-state index >= 15 is 0 Å². The number of hydrogen-bond donors (Lipinski definition) is 1. The first-order valence-electron chi connectivity index (χ1n) is 4.87. The van der Waals surface area contributed by atoms with E-state index in [1.165, 1.54) is 6.92 Å². The third-order valence-electron chi connectivity index (χ3n) is 2.41. The van der Waals surface area contributed by atoms with Crippen LogP contribution in [0.4, 0.5) is 5.69 Å². The van der Waals surface area contributed by atoms with Crippen LogP contribution in [0.25, 0.3) is 0 Å². The highest BCUT2D eigenvalue weighted by Gasteiger charge is 2.23. The Morgan fingerprint density at radius 2 is 1.88 bits per heavy atom. The van der Waals surface area contributed by atoms with Crippen LogP contribution in [-0.4, -0.2) is 25.8 Å². The van der Waals surface area contributed by atoms with Crippen LogP contribution in [0.2, 0.25) is 0 Å². The quantitative estimate of drug-likeness (QED) is 0.869. The summed E-state index contributed by atoms with van der Waals surface area (Å²) in [6, 6.07) is 7.22. The molecule has 0 aliphatic heterocycles. The van der Waals surface area contributed by atoms with Gasteiger partial charge in [0.15, 0.2) is 9.84 Å². The molecule has 0 aromatic heterocycles. The summed E-state index contributed by atoms with van der Waals surface area (Å²) in [5, 5.41) is 1.56. The number of carbonyl (C=O) groups is 1. The van der Waals surface area contributed by atoms with Gasteiger partial charge >= 0.3 is 0 Å². The topological polar surface area (TPSA) is 63.2 Å². The van der Waals surface area contributed by atoms with Crippen molar-refractivity contribution in [2.75, 3.05) is 11.6 Å². The number of amides is 1. The molecule has 1 N–H and O–H groups in total. The van der Waals surface area contributed by atoms with E-state index in [2.05, 4.69) is 5.32 Å². The van der Waals surface area contributed by atoms with Crippen molar-refractivity contribution in [3.8, 4) is 0 Å². The molecule has 0 radical (unpaired) electrons. The number of para-hydroxylation sites is 1. The molecule has 0 unspecified atom stereocenters. The van der Waals surface area contributed by atoms with Crippen LogP contribution in [0.1, 0.15) is 12.5 Å². The normalized spacial score (nSPS) is 13.2. The molecule has 0 aliphatic rings. The van der Waals surface area contributed by atoms with Crippen molar-refractivity contribution in [3.05, 3.63) is 29.8 Å². The highest BCUT2D eigenvalue weighted by Crippen LogP contribution is 2.14. The van der Waals surface area contributed by atoms with E-state index in [-0.39, 0.29) is 0 Å². The van der Waals surface area contributed by atoms with Crippen LogP contribution < -0.4 is 5.32 Å². The number of nitrogens with one attached hydrogen (secondary N) is 1. The summed E-state index contributed by atoms with van der Waals surface area (Å²) >= 11 is 0. The maximum atomic E-state index is 11.6. The molecule has 1 rings (SSSR count). The molecule has 1 aromatic rings. The zero-order valence-corrected chi connectivity index (χ0v) is 10.3. The standard InChI is InChI=1S/C11H15NO3S/c1-8-6-4-5-7-10(8)12-11(13)9(2)16(3,14)15/h4-7,9H,1-3H3,(H,12,13)/t9-/m0/s1. The third-order valence-corrected chi connectivity index (χ3v) is 3.91. The second kappa shape index (κ2) is 4.65. The molecule has 0 saturated heterocycles. The number of hydrogen-bond acceptors (Lipinski definition) is 3. The summed E-state index contributed by atoms with van der Waals surface area (Å²) in [6.45, 7) is 3.23. The van der Waals surface area contributed by atoms with Gasteiger partial charge < -0.3 is 5.32 Å². The number of aryl methyl sites for hydroxylation is 1. The van der Waals surface area contributed by atoms with Gasteiger partial charge in [-0.05, 0) is 25.5 Å². The van der Waals surface area contributed by atoms with Gasteiger partial charge in [-0.2, -0.15) is 0 Å². The largest absolute Gasteiger partial charge is 0.325 e. The molecule has 1 amide bonds. The first kappa shape index (κ1) is 12.7. The number of anilines is 1. The summed E-state index contributed by atoms with van der Waals surface area (Å²) < 4.78 is 22.4. The lowest BCUT2D eigenvalue weighted by molar-refractivity contribution is -0.115. The molecule has 0 aliphatic carbocycles. The Morgan fingerprint density at radius 1 is 1.31 bits per heavy atom. The molecule has 1 aromatic carbocycles. The Balaban J connectivity index is 2.84. The van der Waals surface area contributed by atoms with Crippen LogP contribution in [0, 0.1) is 6.92 Å². The zero-order chi connectivity index (χ0) is 12.3. The minimum absolute atomic E-state index is 0.503. The van der Waals surface area contributed by atoms with Gasteiger partial charge in [0.25, 0.3) is 0 Å². The second-order valence-electron chi connectivity index (χ2n) is 3.78. The maximum absolute atomic E-state index is 11.6. The number of sulfone groups is 1. The second-order valence-corrected chi connectivity index (χ2v) is 6.14. The lowest BCUT2D eigenvalue weighted by Gasteiger charge is -2.11. The van der Waals surface area contributed by atoms with Gasteiger partial charge in [-0.15, -0.1) is 0 Å². The summed E-state index contributed by atoms with van der Waals surface area (Å²) in [7, 11) is -3.35. The molecule has 5 heteroatoms. The first-order valence-corrected chi connectivity index (χ1v) is 6.83. The van der Waals surface area contributed by atoms with E-state index in [9.17, 15) is 13.2 Å². The van der Waals surface area contributed by atoms with Crippen LogP contribution in [-0.2, 0) is 14.6 Å². The Labute approximate surface area is 95.6 Å². The average Bonchev–Trinajstić information content (AvgIpc) is 2.19. The molecule has 1 atom stereocenters. The SMILES string of the molecule is Cc1ccccc1NC(=O)[C@H](C)S(C)(=O)=O. The van der Waals surface area contributed by atoms with Gasteiger partial charge in [-0.1, -0.05) is 18.2 Å². The molecule has 88 valence electrons. The fourth-order valence-electron chi connectivity index (χ4n) is 1.14. The van der Waals surface area contributed by atoms with E-state index in [0.717, 1.165) is 11.8 Å². The van der Waals surface area contributed by atoms with E-state index in [1.54, 1.807) is 12.1 Å². The molecule has 4 nitrogen and oxygen atoms in total. The van der Waals surface area contributed by atoms with Gasteiger partial charge in [-0.25, -0.2) is 8.42 Å². The fraction of sp³-hybridized carbons (Fsp3) is 0.364. The van der Waals surface area contributed by atoms with Crippen LogP contribution >= 0.6 is 0 Å². The van der Waals surface area contributed by atoms with Gasteiger partial charge in [0.1, 0.15) is 5.25 Å². The minimum Gasteiger partial charge on any atom is -0.325 e. The minimum atomic E-state index is -3.35. The van der Waals surface area contributed by atoms with Crippen molar-refractivity contribution < 1.29 is 13.2 Å². The number of benzene rings is 1. The summed E-state index contributed by atoms with van der Waals surface area (Å²) in [5.74, 6) is -0.503. The number of carbonyl (C=O) groups excluding carboxylic acids is 1. The van der Waals surface area contributed by atoms with E-state index in [4.69, 9.17) is 0 Å². The van der Waals surface area contributed by atoms with Gasteiger partial charge in [0.2, 0.25) is 5.91 Å². The fourth-order valence-corrected chi connectivity index (χ4v) is 1.59. The molecule has 0 heterocycles. The average molecular weight is 241 g/mol. The van der Waals surface area contributed by atoms with Crippen LogP contribution in [0.3, 0.4) is 0 Å². The molecular formula is C11H15NO3S. The lowest BCUT2D eigenvalue weighted by atomic mass is 10.2. The predicted octanol–water partition coefficient (Wildman–Crippen LogP) is 1.37. The monoisotopic (exact) mass is 241 g/mol. The molecule has 16 heavy (non-hydrogen) atoms. The molecule has 0 spiro atoms. The van der Waals surface area contributed by atoms with Crippen molar-refractivity contribution >= 4 is 21.4 Å². The van der Waals surface area contributed by atoms with Gasteiger partial charge in [0.05, 0.1) is 0 Å². The Hall–Kier alpha value is -1.36. The number of rotatable bonds is 3. The molecule has 0 fully saturated rings. The van der Waals surface area contributed by atoms with Crippen molar-refractivity contribution in [1.29, 1.82) is 0 Å². The Bertz CT molecular complexity index is 494. The summed E-state index contributed by atoms with van der Waals surface area (Å²) in [5.41, 5.74) is 1.54. The van der Waals surface area contributed by atoms with E-state index in [1.807, 2.05) is 19.1 Å². The smallest absolute Gasteiger partial charge is 0.242 e. The van der Waals surface area contributed by atoms with Crippen molar-refractivity contribution in [1.82, 2.24) is 0 Å². The van der Waals surface area contributed by atoms with E-state index < -0.39 is 21.0 Å². The zero-order valence-electron chi connectivity index (χ0n) is 9.52. The Morgan fingerprint density at radius 3 is 2.38 bits per heavy atom. The van der Waals surface area contributed by atoms with Crippen LogP contribution in [0.5, 0.6) is 0 Å². The lowest BCUT2D eigenvalue weighted by Crippen LogP contribution is -2.31. The van der Waals surface area contributed by atoms with E-state index in [0.29, 0.717) is 5.69 Å². The van der Waals surface area contributed by atoms with Crippen molar-refractivity contribution in [2.24, 2.45) is 0 Å². The Kier molecular flexibility index (Phi) is 3.70. The first-order chi connectivity index (χ1) is 7.32. The molecular weight excluding hydrogens is 226 g/mol. The third kappa shape index (κ3) is 3.06. The van der Waals surface area contributed by atoms with Gasteiger partial charge in [-0.3, -0.25) is 4.79 Å². The predicted molar refractivity (Wildman–Crippen MR) is 64.1 cm³/mol. The summed E-state index contributed by atoms with van der Waals surface area (Å²) in [4.78, 5) is 11.6. The summed E-state index contributed by atoms with van der Waals surface area (Å²) in [6.07, 6.45) is 1.05. The van der Waals surface area contributed by atoms with Gasteiger partial charge in [0, 0.05) is 11.9 Å². The van der Waals surface area contributed by atoms with Crippen LogP contribution in [0.15, 0.2) is 24.3 Å². The highest BCUT2D eigenvalue weighted by molar-refractivity contribution is 7.92. The highest BCUT2D eigenvalue weighted by atomic mass is 32.2. The van der Waals surface area contributed by atoms with Crippen molar-refractivity contribution in [2.45, 2.75) is 19.1 Å².